The van der Waals surface area contributed by atoms with Gasteiger partial charge in [0.15, 0.2) is 0 Å². The van der Waals surface area contributed by atoms with Crippen LogP contribution in [0.15, 0.2) is 54.6 Å². The lowest BCUT2D eigenvalue weighted by Gasteiger charge is -2.26. The summed E-state index contributed by atoms with van der Waals surface area (Å²) in [5.74, 6) is 0. The molecule has 3 rings (SSSR count). The van der Waals surface area contributed by atoms with Gasteiger partial charge in [0.1, 0.15) is 0 Å². The summed E-state index contributed by atoms with van der Waals surface area (Å²) in [7, 11) is 0. The minimum absolute atomic E-state index is 0.413. The van der Waals surface area contributed by atoms with Gasteiger partial charge < -0.3 is 5.32 Å². The van der Waals surface area contributed by atoms with Gasteiger partial charge in [-0.15, -0.1) is 0 Å². The van der Waals surface area contributed by atoms with Crippen molar-refractivity contribution in [1.29, 1.82) is 0 Å². The normalized spacial score (nSPS) is 19.1. The predicted molar refractivity (Wildman–Crippen MR) is 65.9 cm³/mol. The first kappa shape index (κ1) is 9.61. The lowest BCUT2D eigenvalue weighted by Crippen LogP contribution is -2.26. The molecular formula is C15H14N. The minimum Gasteiger partial charge on any atom is -0.301 e. The summed E-state index contributed by atoms with van der Waals surface area (Å²) in [6.07, 6.45) is 1.07. The van der Waals surface area contributed by atoms with Crippen molar-refractivity contribution in [3.63, 3.8) is 0 Å². The Labute approximate surface area is 96.1 Å². The van der Waals surface area contributed by atoms with E-state index < -0.39 is 0 Å². The van der Waals surface area contributed by atoms with Gasteiger partial charge in [-0.05, 0) is 23.1 Å². The fourth-order valence-corrected chi connectivity index (χ4v) is 2.23. The highest BCUT2D eigenvalue weighted by atomic mass is 14.9. The molecule has 0 saturated carbocycles. The SMILES string of the molecule is [CH]1NC(c2ccccc2)Cc2ccccc21. The monoisotopic (exact) mass is 208 g/mol. The number of rotatable bonds is 1. The Morgan fingerprint density at radius 1 is 0.875 bits per heavy atom. The lowest BCUT2D eigenvalue weighted by atomic mass is 9.92. The van der Waals surface area contributed by atoms with Crippen molar-refractivity contribution >= 4 is 0 Å². The predicted octanol–water partition coefficient (Wildman–Crippen LogP) is 3.08. The Balaban J connectivity index is 1.89. The summed E-state index contributed by atoms with van der Waals surface area (Å²) in [6.45, 7) is 2.12. The third kappa shape index (κ3) is 1.74. The first-order valence-electron chi connectivity index (χ1n) is 5.65. The molecule has 1 nitrogen and oxygen atoms in total. The number of benzene rings is 2. The summed E-state index contributed by atoms with van der Waals surface area (Å²) in [6, 6.07) is 19.6. The fourth-order valence-electron chi connectivity index (χ4n) is 2.23. The molecule has 79 valence electrons. The van der Waals surface area contributed by atoms with E-state index in [1.807, 2.05) is 0 Å². The number of nitrogens with one attached hydrogen (secondary N) is 1. The van der Waals surface area contributed by atoms with Crippen LogP contribution in [0.25, 0.3) is 0 Å². The largest absolute Gasteiger partial charge is 0.301 e. The van der Waals surface area contributed by atoms with Gasteiger partial charge in [0.2, 0.25) is 0 Å². The zero-order valence-electron chi connectivity index (χ0n) is 9.06. The summed E-state index contributed by atoms with van der Waals surface area (Å²) in [4.78, 5) is 0. The minimum atomic E-state index is 0.413. The topological polar surface area (TPSA) is 12.0 Å². The van der Waals surface area contributed by atoms with Crippen molar-refractivity contribution in [3.8, 4) is 0 Å². The molecule has 0 aromatic heterocycles. The van der Waals surface area contributed by atoms with E-state index in [4.69, 9.17) is 0 Å². The van der Waals surface area contributed by atoms with E-state index in [2.05, 4.69) is 66.5 Å². The first-order valence-corrected chi connectivity index (χ1v) is 5.65. The highest BCUT2D eigenvalue weighted by Crippen LogP contribution is 2.26. The van der Waals surface area contributed by atoms with Crippen molar-refractivity contribution in [3.05, 3.63) is 77.8 Å². The Hall–Kier alpha value is -1.60. The maximum absolute atomic E-state index is 3.47. The number of hydrogen-bond acceptors (Lipinski definition) is 1. The second kappa shape index (κ2) is 4.11. The second-order valence-electron chi connectivity index (χ2n) is 4.18. The average Bonchev–Trinajstić information content (AvgIpc) is 2.39. The number of hydrogen-bond donors (Lipinski definition) is 1. The zero-order valence-corrected chi connectivity index (χ0v) is 9.06. The summed E-state index contributed by atoms with van der Waals surface area (Å²) < 4.78 is 0. The molecule has 1 atom stereocenters. The quantitative estimate of drug-likeness (QED) is 0.759. The van der Waals surface area contributed by atoms with Crippen molar-refractivity contribution in [1.82, 2.24) is 5.32 Å². The van der Waals surface area contributed by atoms with Crippen molar-refractivity contribution in [2.75, 3.05) is 0 Å². The molecule has 2 aromatic rings. The van der Waals surface area contributed by atoms with E-state index in [-0.39, 0.29) is 0 Å². The molecule has 1 heteroatoms. The molecule has 0 saturated heterocycles. The smallest absolute Gasteiger partial charge is 0.0526 e. The van der Waals surface area contributed by atoms with E-state index in [0.29, 0.717) is 6.04 Å². The van der Waals surface area contributed by atoms with Crippen molar-refractivity contribution < 1.29 is 0 Å². The van der Waals surface area contributed by atoms with Gasteiger partial charge in [-0.3, -0.25) is 0 Å². The Kier molecular flexibility index (Phi) is 2.47. The molecule has 1 unspecified atom stereocenters. The van der Waals surface area contributed by atoms with Crippen LogP contribution in [0.2, 0.25) is 0 Å². The maximum atomic E-state index is 3.47. The molecule has 0 amide bonds. The average molecular weight is 208 g/mol. The summed E-state index contributed by atoms with van der Waals surface area (Å²) in [5.41, 5.74) is 4.10. The van der Waals surface area contributed by atoms with E-state index in [1.54, 1.807) is 0 Å². The van der Waals surface area contributed by atoms with E-state index in [0.717, 1.165) is 6.42 Å². The van der Waals surface area contributed by atoms with Crippen molar-refractivity contribution in [2.45, 2.75) is 12.5 Å². The van der Waals surface area contributed by atoms with Gasteiger partial charge in [0, 0.05) is 6.04 Å². The van der Waals surface area contributed by atoms with Crippen LogP contribution in [-0.4, -0.2) is 0 Å². The molecule has 0 fully saturated rings. The molecule has 0 spiro atoms. The van der Waals surface area contributed by atoms with Crippen LogP contribution >= 0.6 is 0 Å². The van der Waals surface area contributed by atoms with Crippen LogP contribution in [-0.2, 0) is 6.42 Å². The van der Waals surface area contributed by atoms with Gasteiger partial charge in [-0.2, -0.15) is 0 Å². The Bertz CT molecular complexity index is 476. The molecule has 16 heavy (non-hydrogen) atoms. The molecule has 2 aromatic carbocycles. The van der Waals surface area contributed by atoms with Gasteiger partial charge in [-0.1, -0.05) is 54.6 Å². The highest BCUT2D eigenvalue weighted by molar-refractivity contribution is 5.37. The molecule has 1 heterocycles. The highest BCUT2D eigenvalue weighted by Gasteiger charge is 2.18. The van der Waals surface area contributed by atoms with Gasteiger partial charge in [0.25, 0.3) is 0 Å². The standard InChI is InChI=1S/C15H14N/c1-2-6-12(7-3-1)15-10-13-8-4-5-9-14(13)11-16-15/h1-9,11,15-16H,10H2. The third-order valence-corrected chi connectivity index (χ3v) is 3.12. The summed E-state index contributed by atoms with van der Waals surface area (Å²) in [5, 5.41) is 3.47. The molecule has 0 bridgehead atoms. The zero-order chi connectivity index (χ0) is 10.8. The molecular weight excluding hydrogens is 194 g/mol. The second-order valence-corrected chi connectivity index (χ2v) is 4.18. The molecule has 1 aliphatic rings. The van der Waals surface area contributed by atoms with E-state index >= 15 is 0 Å². The van der Waals surface area contributed by atoms with E-state index in [1.165, 1.54) is 16.7 Å². The third-order valence-electron chi connectivity index (χ3n) is 3.12. The Morgan fingerprint density at radius 3 is 2.50 bits per heavy atom. The molecule has 1 radical (unpaired) electrons. The van der Waals surface area contributed by atoms with Gasteiger partial charge in [-0.25, -0.2) is 0 Å². The molecule has 1 N–H and O–H groups in total. The van der Waals surface area contributed by atoms with Crippen LogP contribution in [0, 0.1) is 6.54 Å². The maximum Gasteiger partial charge on any atom is 0.0526 e. The van der Waals surface area contributed by atoms with Gasteiger partial charge in [0.05, 0.1) is 6.54 Å². The molecule has 1 aliphatic heterocycles. The van der Waals surface area contributed by atoms with E-state index in [9.17, 15) is 0 Å². The summed E-state index contributed by atoms with van der Waals surface area (Å²) >= 11 is 0. The van der Waals surface area contributed by atoms with Crippen molar-refractivity contribution in [2.24, 2.45) is 0 Å². The van der Waals surface area contributed by atoms with Crippen LogP contribution in [0.1, 0.15) is 22.7 Å². The fraction of sp³-hybridized carbons (Fsp3) is 0.133. The van der Waals surface area contributed by atoms with Crippen LogP contribution < -0.4 is 5.32 Å². The van der Waals surface area contributed by atoms with Crippen LogP contribution in [0.4, 0.5) is 0 Å². The number of fused-ring (bicyclic) bond motifs is 1. The molecule has 0 aliphatic carbocycles. The van der Waals surface area contributed by atoms with Crippen LogP contribution in [0.5, 0.6) is 0 Å². The van der Waals surface area contributed by atoms with Crippen LogP contribution in [0.3, 0.4) is 0 Å². The Morgan fingerprint density at radius 2 is 1.62 bits per heavy atom. The first-order chi connectivity index (χ1) is 7.93. The van der Waals surface area contributed by atoms with Gasteiger partial charge >= 0.3 is 0 Å². The lowest BCUT2D eigenvalue weighted by molar-refractivity contribution is 0.571.